The van der Waals surface area contributed by atoms with Crippen LogP contribution in [-0.4, -0.2) is 40.2 Å². The molecule has 1 aliphatic rings. The second-order valence-electron chi connectivity index (χ2n) is 4.75. The number of hydrogen-bond donors (Lipinski definition) is 3. The maximum atomic E-state index is 12.0. The van der Waals surface area contributed by atoms with Gasteiger partial charge in [0.1, 0.15) is 0 Å². The predicted octanol–water partition coefficient (Wildman–Crippen LogP) is -0.0638. The summed E-state index contributed by atoms with van der Waals surface area (Å²) in [4.78, 5) is 12.0. The van der Waals surface area contributed by atoms with Crippen molar-refractivity contribution in [3.63, 3.8) is 0 Å². The Morgan fingerprint density at radius 1 is 1.40 bits per heavy atom. The highest BCUT2D eigenvalue weighted by Gasteiger charge is 2.24. The molecule has 0 saturated heterocycles. The van der Waals surface area contributed by atoms with Gasteiger partial charge in [-0.15, -0.1) is 0 Å². The fraction of sp³-hybridized carbons (Fsp3) is 0.462. The molecule has 0 aliphatic carbocycles. The van der Waals surface area contributed by atoms with Gasteiger partial charge in [0.2, 0.25) is 15.9 Å². The maximum absolute atomic E-state index is 12.0. The van der Waals surface area contributed by atoms with Crippen molar-refractivity contribution in [2.75, 3.05) is 31.2 Å². The van der Waals surface area contributed by atoms with Crippen LogP contribution in [0.1, 0.15) is 5.56 Å². The lowest BCUT2D eigenvalue weighted by Gasteiger charge is -2.25. The Morgan fingerprint density at radius 3 is 2.90 bits per heavy atom. The van der Waals surface area contributed by atoms with Gasteiger partial charge in [-0.25, -0.2) is 13.1 Å². The lowest BCUT2D eigenvalue weighted by molar-refractivity contribution is -0.124. The summed E-state index contributed by atoms with van der Waals surface area (Å²) in [5, 5.41) is 5.90. The number of para-hydroxylation sites is 1. The van der Waals surface area contributed by atoms with Gasteiger partial charge in [-0.3, -0.25) is 4.79 Å². The van der Waals surface area contributed by atoms with Crippen LogP contribution >= 0.6 is 0 Å². The second-order valence-corrected chi connectivity index (χ2v) is 6.80. The molecule has 20 heavy (non-hydrogen) atoms. The zero-order valence-electron chi connectivity index (χ0n) is 11.3. The van der Waals surface area contributed by atoms with Gasteiger partial charge in [0.15, 0.2) is 0 Å². The number of sulfonamides is 1. The lowest BCUT2D eigenvalue weighted by atomic mass is 9.93. The molecule has 0 spiro atoms. The summed E-state index contributed by atoms with van der Waals surface area (Å²) in [6.07, 6.45) is 0.674. The largest absolute Gasteiger partial charge is 0.384 e. The number of fused-ring (bicyclic) bond motifs is 1. The van der Waals surface area contributed by atoms with Crippen molar-refractivity contribution in [3.05, 3.63) is 29.8 Å². The molecular formula is C13H19N3O3S. The normalized spacial score (nSPS) is 17.9. The minimum atomic E-state index is -3.27. The molecule has 0 fully saturated rings. The summed E-state index contributed by atoms with van der Waals surface area (Å²) in [5.41, 5.74) is 2.18. The van der Waals surface area contributed by atoms with Crippen molar-refractivity contribution < 1.29 is 13.2 Å². The van der Waals surface area contributed by atoms with E-state index in [4.69, 9.17) is 0 Å². The van der Waals surface area contributed by atoms with Crippen LogP contribution in [0.3, 0.4) is 0 Å². The summed E-state index contributed by atoms with van der Waals surface area (Å²) >= 11 is 0. The predicted molar refractivity (Wildman–Crippen MR) is 78.0 cm³/mol. The van der Waals surface area contributed by atoms with Crippen LogP contribution in [0, 0.1) is 5.92 Å². The van der Waals surface area contributed by atoms with Crippen LogP contribution < -0.4 is 15.4 Å². The Kier molecular flexibility index (Phi) is 4.61. The standard InChI is InChI=1S/C13H19N3O3S/c1-14-20(18,19)7-6-15-13(17)11-8-10-4-2-3-5-12(10)16-9-11/h2-5,11,14,16H,6-9H2,1H3,(H,15,17). The molecule has 2 rings (SSSR count). The number of carbonyl (C=O) groups excluding carboxylic acids is 1. The summed E-state index contributed by atoms with van der Waals surface area (Å²) in [6, 6.07) is 7.88. The first-order valence-corrected chi connectivity index (χ1v) is 8.18. The quantitative estimate of drug-likeness (QED) is 0.710. The molecule has 0 radical (unpaired) electrons. The Labute approximate surface area is 119 Å². The first kappa shape index (κ1) is 14.8. The molecule has 1 heterocycles. The first-order chi connectivity index (χ1) is 9.52. The Balaban J connectivity index is 1.86. The smallest absolute Gasteiger partial charge is 0.225 e. The van der Waals surface area contributed by atoms with Crippen molar-refractivity contribution in [2.45, 2.75) is 6.42 Å². The molecule has 7 heteroatoms. The van der Waals surface area contributed by atoms with Crippen LogP contribution in [0.2, 0.25) is 0 Å². The third-order valence-electron chi connectivity index (χ3n) is 3.37. The maximum Gasteiger partial charge on any atom is 0.225 e. The van der Waals surface area contributed by atoms with E-state index in [1.807, 2.05) is 24.3 Å². The molecule has 1 amide bonds. The minimum Gasteiger partial charge on any atom is -0.384 e. The molecule has 1 aromatic rings. The van der Waals surface area contributed by atoms with E-state index in [1.54, 1.807) is 0 Å². The molecule has 0 saturated carbocycles. The average molecular weight is 297 g/mol. The van der Waals surface area contributed by atoms with Crippen LogP contribution in [-0.2, 0) is 21.2 Å². The van der Waals surface area contributed by atoms with E-state index in [0.717, 1.165) is 11.3 Å². The Hall–Kier alpha value is -1.60. The van der Waals surface area contributed by atoms with Crippen molar-refractivity contribution in [1.82, 2.24) is 10.0 Å². The van der Waals surface area contributed by atoms with Crippen LogP contribution in [0.15, 0.2) is 24.3 Å². The zero-order valence-corrected chi connectivity index (χ0v) is 12.2. The Bertz CT molecular complexity index is 586. The molecule has 1 aromatic carbocycles. The van der Waals surface area contributed by atoms with E-state index in [9.17, 15) is 13.2 Å². The number of carbonyl (C=O) groups is 1. The van der Waals surface area contributed by atoms with Crippen LogP contribution in [0.4, 0.5) is 5.69 Å². The van der Waals surface area contributed by atoms with E-state index in [2.05, 4.69) is 15.4 Å². The SMILES string of the molecule is CNS(=O)(=O)CCNC(=O)C1CNc2ccccc2C1. The van der Waals surface area contributed by atoms with Crippen molar-refractivity contribution >= 4 is 21.6 Å². The van der Waals surface area contributed by atoms with E-state index in [-0.39, 0.29) is 24.1 Å². The summed E-state index contributed by atoms with van der Waals surface area (Å²) < 4.78 is 24.7. The van der Waals surface area contributed by atoms with E-state index >= 15 is 0 Å². The van der Waals surface area contributed by atoms with Gasteiger partial charge >= 0.3 is 0 Å². The van der Waals surface area contributed by atoms with Crippen LogP contribution in [0.5, 0.6) is 0 Å². The van der Waals surface area contributed by atoms with Gasteiger partial charge in [0, 0.05) is 18.8 Å². The minimum absolute atomic E-state index is 0.105. The van der Waals surface area contributed by atoms with Gasteiger partial charge in [0.05, 0.1) is 11.7 Å². The highest BCUT2D eigenvalue weighted by molar-refractivity contribution is 7.89. The highest BCUT2D eigenvalue weighted by atomic mass is 32.2. The molecule has 6 nitrogen and oxygen atoms in total. The molecule has 1 aliphatic heterocycles. The fourth-order valence-corrected chi connectivity index (χ4v) is 2.76. The summed E-state index contributed by atoms with van der Waals surface area (Å²) in [6.45, 7) is 0.696. The molecule has 0 aromatic heterocycles. The van der Waals surface area contributed by atoms with Crippen LogP contribution in [0.25, 0.3) is 0 Å². The topological polar surface area (TPSA) is 87.3 Å². The molecule has 1 atom stereocenters. The molecule has 0 bridgehead atoms. The van der Waals surface area contributed by atoms with Crippen molar-refractivity contribution in [2.24, 2.45) is 5.92 Å². The molecular weight excluding hydrogens is 278 g/mol. The lowest BCUT2D eigenvalue weighted by Crippen LogP contribution is -2.40. The van der Waals surface area contributed by atoms with Gasteiger partial charge in [-0.2, -0.15) is 0 Å². The van der Waals surface area contributed by atoms with Gasteiger partial charge in [0.25, 0.3) is 0 Å². The summed E-state index contributed by atoms with van der Waals surface area (Å²) in [7, 11) is -1.91. The number of nitrogens with one attached hydrogen (secondary N) is 3. The summed E-state index contributed by atoms with van der Waals surface area (Å²) in [5.74, 6) is -0.383. The number of anilines is 1. The van der Waals surface area contributed by atoms with Gasteiger partial charge < -0.3 is 10.6 Å². The van der Waals surface area contributed by atoms with E-state index in [0.29, 0.717) is 13.0 Å². The molecule has 110 valence electrons. The molecule has 3 N–H and O–H groups in total. The van der Waals surface area contributed by atoms with Gasteiger partial charge in [-0.05, 0) is 25.1 Å². The van der Waals surface area contributed by atoms with Gasteiger partial charge in [-0.1, -0.05) is 18.2 Å². The first-order valence-electron chi connectivity index (χ1n) is 6.52. The number of amides is 1. The third kappa shape index (κ3) is 3.71. The Morgan fingerprint density at radius 2 is 2.15 bits per heavy atom. The zero-order chi connectivity index (χ0) is 14.6. The second kappa shape index (κ2) is 6.23. The highest BCUT2D eigenvalue weighted by Crippen LogP contribution is 2.24. The fourth-order valence-electron chi connectivity index (χ4n) is 2.18. The number of benzene rings is 1. The number of rotatable bonds is 5. The van der Waals surface area contributed by atoms with Crippen molar-refractivity contribution in [1.29, 1.82) is 0 Å². The molecule has 1 unspecified atom stereocenters. The van der Waals surface area contributed by atoms with E-state index in [1.165, 1.54) is 7.05 Å². The monoisotopic (exact) mass is 297 g/mol. The third-order valence-corrected chi connectivity index (χ3v) is 4.74. The van der Waals surface area contributed by atoms with Crippen molar-refractivity contribution in [3.8, 4) is 0 Å². The average Bonchev–Trinajstić information content (AvgIpc) is 2.46. The number of hydrogen-bond acceptors (Lipinski definition) is 4. The van der Waals surface area contributed by atoms with E-state index < -0.39 is 10.0 Å².